The Morgan fingerprint density at radius 3 is 2.19 bits per heavy atom. The summed E-state index contributed by atoms with van der Waals surface area (Å²) in [5, 5.41) is 0. The molecule has 6 heteroatoms. The van der Waals surface area contributed by atoms with Crippen molar-refractivity contribution in [1.82, 2.24) is 4.90 Å². The Bertz CT molecular complexity index is 952. The quantitative estimate of drug-likeness (QED) is 0.679. The van der Waals surface area contributed by atoms with Gasteiger partial charge in [0, 0.05) is 30.4 Å². The first-order chi connectivity index (χ1) is 15.0. The molecule has 2 atom stereocenters. The molecule has 3 aliphatic heterocycles. The third kappa shape index (κ3) is 2.85. The van der Waals surface area contributed by atoms with Crippen molar-refractivity contribution in [3.05, 3.63) is 23.8 Å². The minimum absolute atomic E-state index is 0.241. The Balaban J connectivity index is 1.26. The van der Waals surface area contributed by atoms with Crippen LogP contribution in [0.25, 0.3) is 0 Å². The molecule has 4 fully saturated rings. The van der Waals surface area contributed by atoms with Crippen LogP contribution in [0, 0.1) is 5.92 Å². The number of nitrogens with zero attached hydrogens (tertiary/aromatic N) is 2. The number of carbonyl (C=O) groups is 1. The molecule has 6 rings (SSSR count). The largest absolute Gasteiger partial charge is 0.494 e. The minimum Gasteiger partial charge on any atom is -0.399 e. The molecule has 5 nitrogen and oxygen atoms in total. The summed E-state index contributed by atoms with van der Waals surface area (Å²) < 4.78 is 12.6. The number of hydrogen-bond acceptors (Lipinski definition) is 4. The second-order valence-corrected chi connectivity index (χ2v) is 12.5. The molecule has 2 saturated heterocycles. The van der Waals surface area contributed by atoms with E-state index in [0.29, 0.717) is 12.1 Å². The second-order valence-electron chi connectivity index (χ2n) is 12.5. The van der Waals surface area contributed by atoms with Crippen LogP contribution in [-0.2, 0) is 19.5 Å². The van der Waals surface area contributed by atoms with Gasteiger partial charge in [-0.3, -0.25) is 9.69 Å². The molecule has 0 radical (unpaired) electrons. The highest BCUT2D eigenvalue weighted by Gasteiger charge is 2.54. The third-order valence-corrected chi connectivity index (χ3v) is 9.61. The maximum absolute atomic E-state index is 13.6. The van der Waals surface area contributed by atoms with Gasteiger partial charge in [0.25, 0.3) is 0 Å². The van der Waals surface area contributed by atoms with Gasteiger partial charge in [-0.25, -0.2) is 0 Å². The van der Waals surface area contributed by atoms with Crippen LogP contribution in [0.3, 0.4) is 0 Å². The third-order valence-electron chi connectivity index (χ3n) is 9.61. The van der Waals surface area contributed by atoms with Crippen LogP contribution >= 0.6 is 0 Å². The number of amides is 1. The number of hydrogen-bond donors (Lipinski definition) is 0. The van der Waals surface area contributed by atoms with Crippen molar-refractivity contribution in [2.75, 3.05) is 11.4 Å². The molecule has 1 amide bonds. The molecule has 0 spiro atoms. The van der Waals surface area contributed by atoms with Gasteiger partial charge < -0.3 is 14.2 Å². The van der Waals surface area contributed by atoms with E-state index in [0.717, 1.165) is 41.5 Å². The van der Waals surface area contributed by atoms with Gasteiger partial charge in [-0.15, -0.1) is 0 Å². The summed E-state index contributed by atoms with van der Waals surface area (Å²) in [6, 6.07) is 8.14. The molecule has 32 heavy (non-hydrogen) atoms. The van der Waals surface area contributed by atoms with E-state index < -0.39 is 12.5 Å². The highest BCUT2D eigenvalue weighted by molar-refractivity contribution is 6.62. The lowest BCUT2D eigenvalue weighted by molar-refractivity contribution is -0.123. The highest BCUT2D eigenvalue weighted by Crippen LogP contribution is 2.48. The normalized spacial score (nSPS) is 36.6. The predicted octanol–water partition coefficient (Wildman–Crippen LogP) is 3.63. The summed E-state index contributed by atoms with van der Waals surface area (Å²) in [6.07, 6.45) is 6.40. The lowest BCUT2D eigenvalue weighted by Gasteiger charge is -2.48. The predicted molar refractivity (Wildman–Crippen MR) is 127 cm³/mol. The second kappa shape index (κ2) is 6.61. The Hall–Kier alpha value is -1.37. The van der Waals surface area contributed by atoms with Crippen LogP contribution in [0.15, 0.2) is 18.2 Å². The van der Waals surface area contributed by atoms with Crippen molar-refractivity contribution in [2.24, 2.45) is 5.92 Å². The lowest BCUT2D eigenvalue weighted by Crippen LogP contribution is -2.57. The molecule has 1 aromatic carbocycles. The van der Waals surface area contributed by atoms with Gasteiger partial charge in [-0.1, -0.05) is 12.1 Å². The Morgan fingerprint density at radius 2 is 1.59 bits per heavy atom. The van der Waals surface area contributed by atoms with Crippen molar-refractivity contribution in [1.29, 1.82) is 0 Å². The molecule has 2 saturated carbocycles. The summed E-state index contributed by atoms with van der Waals surface area (Å²) in [5.41, 5.74) is 1.97. The van der Waals surface area contributed by atoms with Crippen molar-refractivity contribution in [3.63, 3.8) is 0 Å². The van der Waals surface area contributed by atoms with Crippen molar-refractivity contribution in [2.45, 2.75) is 108 Å². The van der Waals surface area contributed by atoms with Gasteiger partial charge >= 0.3 is 7.12 Å². The van der Waals surface area contributed by atoms with E-state index in [1.165, 1.54) is 25.8 Å². The monoisotopic (exact) mass is 436 g/mol. The van der Waals surface area contributed by atoms with Crippen LogP contribution in [0.4, 0.5) is 5.69 Å². The number of anilines is 1. The zero-order valence-corrected chi connectivity index (χ0v) is 20.5. The summed E-state index contributed by atoms with van der Waals surface area (Å²) in [6.45, 7) is 13.7. The molecular weight excluding hydrogens is 399 g/mol. The number of likely N-dealkylation sites (tertiary alicyclic amines) is 1. The standard InChI is InChI=1S/C26H37BN2O3/c1-24(2)21-10-8-17(27-31-25(3,4)26(5,6)32-27)12-22(21)29(23(24)30)20-13-19(14-20)28-15-16-7-9-18(28)11-16/h8,10,12,16,18-20H,7,9,11,13-15H2,1-6H3/t16-,18+,19-,20+/m1/s1. The fourth-order valence-corrected chi connectivity index (χ4v) is 6.74. The van der Waals surface area contributed by atoms with E-state index in [1.807, 2.05) is 0 Å². The maximum atomic E-state index is 13.6. The fourth-order valence-electron chi connectivity index (χ4n) is 6.74. The molecule has 3 heterocycles. The summed E-state index contributed by atoms with van der Waals surface area (Å²) in [5.74, 6) is 1.17. The molecule has 0 aromatic heterocycles. The zero-order chi connectivity index (χ0) is 22.6. The summed E-state index contributed by atoms with van der Waals surface area (Å²) >= 11 is 0. The van der Waals surface area contributed by atoms with Gasteiger partial charge in [0.05, 0.1) is 16.6 Å². The fraction of sp³-hybridized carbons (Fsp3) is 0.731. The average Bonchev–Trinajstić information content (AvgIpc) is 3.39. The molecular formula is C26H37BN2O3. The van der Waals surface area contributed by atoms with Crippen LogP contribution in [0.2, 0.25) is 0 Å². The topological polar surface area (TPSA) is 42.0 Å². The number of piperidine rings is 1. The molecule has 1 aromatic rings. The van der Waals surface area contributed by atoms with E-state index in [2.05, 4.69) is 69.5 Å². The first-order valence-corrected chi connectivity index (χ1v) is 12.6. The van der Waals surface area contributed by atoms with Gasteiger partial charge in [-0.2, -0.15) is 0 Å². The number of carbonyl (C=O) groups excluding carboxylic acids is 1. The highest BCUT2D eigenvalue weighted by atomic mass is 16.7. The Kier molecular flexibility index (Phi) is 4.38. The van der Waals surface area contributed by atoms with Crippen molar-refractivity contribution in [3.8, 4) is 0 Å². The van der Waals surface area contributed by atoms with Gasteiger partial charge in [0.15, 0.2) is 0 Å². The van der Waals surface area contributed by atoms with Crippen molar-refractivity contribution >= 4 is 24.2 Å². The van der Waals surface area contributed by atoms with Crippen LogP contribution in [0.1, 0.15) is 79.2 Å². The Labute approximate surface area is 193 Å². The summed E-state index contributed by atoms with van der Waals surface area (Å²) in [7, 11) is -0.403. The van der Waals surface area contributed by atoms with E-state index in [-0.39, 0.29) is 17.1 Å². The molecule has 2 bridgehead atoms. The maximum Gasteiger partial charge on any atom is 0.494 e. The summed E-state index contributed by atoms with van der Waals surface area (Å²) in [4.78, 5) is 18.4. The van der Waals surface area contributed by atoms with E-state index in [4.69, 9.17) is 9.31 Å². The number of fused-ring (bicyclic) bond motifs is 3. The first-order valence-electron chi connectivity index (χ1n) is 12.6. The molecule has 2 aliphatic carbocycles. The van der Waals surface area contributed by atoms with Gasteiger partial charge in [0.2, 0.25) is 5.91 Å². The molecule has 5 aliphatic rings. The lowest BCUT2D eigenvalue weighted by atomic mass is 9.76. The zero-order valence-electron chi connectivity index (χ0n) is 20.5. The van der Waals surface area contributed by atoms with Crippen molar-refractivity contribution < 1.29 is 14.1 Å². The van der Waals surface area contributed by atoms with Gasteiger partial charge in [0.1, 0.15) is 0 Å². The molecule has 172 valence electrons. The van der Waals surface area contributed by atoms with E-state index in [1.54, 1.807) is 0 Å². The van der Waals surface area contributed by atoms with E-state index >= 15 is 0 Å². The smallest absolute Gasteiger partial charge is 0.399 e. The Morgan fingerprint density at radius 1 is 0.906 bits per heavy atom. The number of rotatable bonds is 3. The number of benzene rings is 1. The van der Waals surface area contributed by atoms with Crippen LogP contribution in [0.5, 0.6) is 0 Å². The SMILES string of the molecule is CC1(C)C(=O)N([C@H]2C[C@@H](N3C[C@@H]4CC[C@H]3C4)C2)c2cc(B3OC(C)(C)C(C)(C)O3)ccc21. The minimum atomic E-state index is -0.485. The molecule has 0 unspecified atom stereocenters. The molecule has 0 N–H and O–H groups in total. The van der Waals surface area contributed by atoms with Crippen LogP contribution in [-0.4, -0.2) is 53.8 Å². The van der Waals surface area contributed by atoms with E-state index in [9.17, 15) is 4.79 Å². The van der Waals surface area contributed by atoms with Gasteiger partial charge in [-0.05, 0) is 96.7 Å². The van der Waals surface area contributed by atoms with Crippen LogP contribution < -0.4 is 10.4 Å². The average molecular weight is 436 g/mol. The first kappa shape index (κ1) is 21.2.